The molecule has 0 aliphatic rings. The second kappa shape index (κ2) is 9.96. The lowest BCUT2D eigenvalue weighted by molar-refractivity contribution is 0.598. The van der Waals surface area contributed by atoms with Crippen LogP contribution in [0.3, 0.4) is 0 Å². The third kappa shape index (κ3) is 6.26. The smallest absolute Gasteiger partial charge is 0.199 e. The van der Waals surface area contributed by atoms with Crippen molar-refractivity contribution in [3.63, 3.8) is 0 Å². The molecular weight excluding hydrogens is 406 g/mol. The van der Waals surface area contributed by atoms with Crippen molar-refractivity contribution < 1.29 is 8.42 Å². The van der Waals surface area contributed by atoms with Crippen LogP contribution in [-0.2, 0) is 21.5 Å². The van der Waals surface area contributed by atoms with Gasteiger partial charge in [0.2, 0.25) is 0 Å². The molecule has 28 heavy (non-hydrogen) atoms. The molecule has 0 aromatic heterocycles. The number of aryl methyl sites for hydroxylation is 1. The molecular formula is C22H21NO2S3. The Morgan fingerprint density at radius 3 is 1.68 bits per heavy atom. The minimum atomic E-state index is -3.74. The van der Waals surface area contributed by atoms with Crippen LogP contribution in [0.5, 0.6) is 0 Å². The first kappa shape index (κ1) is 20.7. The van der Waals surface area contributed by atoms with Gasteiger partial charge in [-0.25, -0.2) is 0 Å². The Hall–Kier alpha value is -2.02. The Balaban J connectivity index is 1.81. The van der Waals surface area contributed by atoms with Gasteiger partial charge >= 0.3 is 0 Å². The zero-order valence-electron chi connectivity index (χ0n) is 15.5. The molecule has 3 rings (SSSR count). The molecule has 0 amide bonds. The Bertz CT molecular complexity index is 971. The fourth-order valence-corrected chi connectivity index (χ4v) is 5.84. The molecule has 3 aromatic carbocycles. The summed E-state index contributed by atoms with van der Waals surface area (Å²) in [6.45, 7) is 1.93. The van der Waals surface area contributed by atoms with Crippen molar-refractivity contribution in [2.24, 2.45) is 4.40 Å². The summed E-state index contributed by atoms with van der Waals surface area (Å²) >= 11 is 2.90. The van der Waals surface area contributed by atoms with Crippen molar-refractivity contribution >= 4 is 37.9 Å². The van der Waals surface area contributed by atoms with E-state index in [1.165, 1.54) is 23.5 Å². The first-order chi connectivity index (χ1) is 13.5. The minimum absolute atomic E-state index is 0.219. The summed E-state index contributed by atoms with van der Waals surface area (Å²) in [5.74, 6) is 1.34. The van der Waals surface area contributed by atoms with Crippen LogP contribution in [0.25, 0.3) is 0 Å². The molecule has 0 N–H and O–H groups in total. The van der Waals surface area contributed by atoms with Crippen LogP contribution in [0.15, 0.2) is 94.2 Å². The summed E-state index contributed by atoms with van der Waals surface area (Å²) in [7, 11) is -3.74. The van der Waals surface area contributed by atoms with Crippen LogP contribution in [0, 0.1) is 6.92 Å². The van der Waals surface area contributed by atoms with E-state index in [1.54, 1.807) is 24.3 Å². The second-order valence-corrected chi connectivity index (χ2v) is 9.98. The van der Waals surface area contributed by atoms with Crippen LogP contribution in [0.1, 0.15) is 16.7 Å². The van der Waals surface area contributed by atoms with Crippen molar-refractivity contribution in [1.82, 2.24) is 0 Å². The third-order valence-corrected chi connectivity index (χ3v) is 7.78. The maximum absolute atomic E-state index is 12.8. The molecule has 0 saturated heterocycles. The molecule has 144 valence electrons. The number of rotatable bonds is 6. The average Bonchev–Trinajstić information content (AvgIpc) is 2.72. The maximum atomic E-state index is 12.8. The van der Waals surface area contributed by atoms with Gasteiger partial charge in [-0.05, 0) is 30.2 Å². The van der Waals surface area contributed by atoms with Crippen LogP contribution < -0.4 is 0 Å². The standard InChI is InChI=1S/C22H21NO2S3/c1-18-12-14-21(15-13-18)28(24,25)23-22(26-16-19-8-4-2-5-9-19)27-17-20-10-6-3-7-11-20/h2-15H,16-17H2,1H3. The highest BCUT2D eigenvalue weighted by Gasteiger charge is 2.15. The molecule has 0 heterocycles. The molecule has 6 heteroatoms. The topological polar surface area (TPSA) is 46.5 Å². The summed E-state index contributed by atoms with van der Waals surface area (Å²) in [5, 5.41) is 0. The highest BCUT2D eigenvalue weighted by Crippen LogP contribution is 2.27. The second-order valence-electron chi connectivity index (χ2n) is 6.19. The molecule has 0 fully saturated rings. The van der Waals surface area contributed by atoms with E-state index in [9.17, 15) is 8.42 Å². The summed E-state index contributed by atoms with van der Waals surface area (Å²) in [5.41, 5.74) is 3.28. The average molecular weight is 428 g/mol. The lowest BCUT2D eigenvalue weighted by Gasteiger charge is -2.08. The molecule has 0 aliphatic carbocycles. The third-order valence-electron chi connectivity index (χ3n) is 3.92. The van der Waals surface area contributed by atoms with Crippen molar-refractivity contribution in [3.05, 3.63) is 102 Å². The number of nitrogens with zero attached hydrogens (tertiary/aromatic N) is 1. The van der Waals surface area contributed by atoms with Gasteiger partial charge in [0.15, 0.2) is 0 Å². The normalized spacial score (nSPS) is 11.2. The highest BCUT2D eigenvalue weighted by atomic mass is 32.2. The Labute approximate surface area is 175 Å². The van der Waals surface area contributed by atoms with E-state index in [2.05, 4.69) is 4.40 Å². The van der Waals surface area contributed by atoms with Gasteiger partial charge in [0.05, 0.1) is 4.90 Å². The number of hydrogen-bond acceptors (Lipinski definition) is 4. The summed E-state index contributed by atoms with van der Waals surface area (Å²) in [6, 6.07) is 26.8. The van der Waals surface area contributed by atoms with Crippen LogP contribution in [0.2, 0.25) is 0 Å². The zero-order chi connectivity index (χ0) is 19.8. The molecule has 0 unspecified atom stereocenters. The summed E-state index contributed by atoms with van der Waals surface area (Å²) in [6.07, 6.45) is 0. The quantitative estimate of drug-likeness (QED) is 0.363. The Morgan fingerprint density at radius 1 is 0.750 bits per heavy atom. The molecule has 0 spiro atoms. The Morgan fingerprint density at radius 2 is 1.21 bits per heavy atom. The highest BCUT2D eigenvalue weighted by molar-refractivity contribution is 8.38. The van der Waals surface area contributed by atoms with Crippen molar-refractivity contribution in [3.8, 4) is 0 Å². The fraction of sp³-hybridized carbons (Fsp3) is 0.136. The maximum Gasteiger partial charge on any atom is 0.283 e. The predicted octanol–water partition coefficient (Wildman–Crippen LogP) is 5.91. The monoisotopic (exact) mass is 427 g/mol. The molecule has 0 bridgehead atoms. The van der Waals surface area contributed by atoms with Gasteiger partial charge in [-0.15, -0.1) is 4.40 Å². The van der Waals surface area contributed by atoms with Crippen molar-refractivity contribution in [2.75, 3.05) is 0 Å². The van der Waals surface area contributed by atoms with Gasteiger partial charge in [0.25, 0.3) is 10.0 Å². The molecule has 3 aromatic rings. The van der Waals surface area contributed by atoms with E-state index in [0.29, 0.717) is 15.9 Å². The first-order valence-electron chi connectivity index (χ1n) is 8.78. The zero-order valence-corrected chi connectivity index (χ0v) is 17.9. The molecule has 0 radical (unpaired) electrons. The number of benzene rings is 3. The molecule has 0 aliphatic heterocycles. The number of thioether (sulfide) groups is 2. The molecule has 0 atom stereocenters. The van der Waals surface area contributed by atoms with Crippen LogP contribution in [-0.4, -0.2) is 12.8 Å². The SMILES string of the molecule is Cc1ccc(S(=O)(=O)N=C(SCc2ccccc2)SCc2ccccc2)cc1. The summed E-state index contributed by atoms with van der Waals surface area (Å²) < 4.78 is 30.2. The van der Waals surface area contributed by atoms with E-state index in [0.717, 1.165) is 16.7 Å². The minimum Gasteiger partial charge on any atom is -0.199 e. The number of sulfonamides is 1. The van der Waals surface area contributed by atoms with E-state index < -0.39 is 10.0 Å². The fourth-order valence-electron chi connectivity index (χ4n) is 2.39. The summed E-state index contributed by atoms with van der Waals surface area (Å²) in [4.78, 5) is 0.219. The van der Waals surface area contributed by atoms with Gasteiger partial charge < -0.3 is 0 Å². The van der Waals surface area contributed by atoms with E-state index in [1.807, 2.05) is 67.6 Å². The largest absolute Gasteiger partial charge is 0.283 e. The van der Waals surface area contributed by atoms with Crippen LogP contribution in [0.4, 0.5) is 0 Å². The van der Waals surface area contributed by atoms with Crippen LogP contribution >= 0.6 is 23.5 Å². The van der Waals surface area contributed by atoms with Gasteiger partial charge in [-0.2, -0.15) is 8.42 Å². The van der Waals surface area contributed by atoms with Gasteiger partial charge in [0, 0.05) is 11.5 Å². The first-order valence-corrected chi connectivity index (χ1v) is 12.2. The number of hydrogen-bond donors (Lipinski definition) is 0. The predicted molar refractivity (Wildman–Crippen MR) is 121 cm³/mol. The van der Waals surface area contributed by atoms with E-state index in [-0.39, 0.29) is 4.90 Å². The van der Waals surface area contributed by atoms with Gasteiger partial charge in [0.1, 0.15) is 4.38 Å². The van der Waals surface area contributed by atoms with Gasteiger partial charge in [-0.3, -0.25) is 0 Å². The lowest BCUT2D eigenvalue weighted by Crippen LogP contribution is -2.01. The Kier molecular flexibility index (Phi) is 7.36. The molecule has 0 saturated carbocycles. The van der Waals surface area contributed by atoms with E-state index in [4.69, 9.17) is 0 Å². The van der Waals surface area contributed by atoms with Gasteiger partial charge in [-0.1, -0.05) is 102 Å². The van der Waals surface area contributed by atoms with Crippen molar-refractivity contribution in [1.29, 1.82) is 0 Å². The van der Waals surface area contributed by atoms with E-state index >= 15 is 0 Å². The van der Waals surface area contributed by atoms with Crippen molar-refractivity contribution in [2.45, 2.75) is 23.3 Å². The lowest BCUT2D eigenvalue weighted by atomic mass is 10.2. The molecule has 3 nitrogen and oxygen atoms in total.